The van der Waals surface area contributed by atoms with E-state index in [1.165, 1.54) is 6.07 Å². The average Bonchev–Trinajstić information content (AvgIpc) is 3.36. The molecule has 35 heavy (non-hydrogen) atoms. The smallest absolute Gasteiger partial charge is 0.336 e. The van der Waals surface area contributed by atoms with E-state index in [4.69, 9.17) is 9.47 Å². The van der Waals surface area contributed by atoms with Gasteiger partial charge < -0.3 is 14.8 Å². The number of ketones is 1. The Morgan fingerprint density at radius 1 is 1.00 bits per heavy atom. The van der Waals surface area contributed by atoms with Crippen LogP contribution in [0, 0.1) is 11.7 Å². The van der Waals surface area contributed by atoms with Crippen LogP contribution in [0.1, 0.15) is 62.0 Å². The van der Waals surface area contributed by atoms with Crippen LogP contribution in [0.15, 0.2) is 71.6 Å². The normalized spacial score (nSPS) is 24.5. The number of carbonyl (C=O) groups excluding carboxylic acids is 2. The monoisotopic (exact) mass is 475 g/mol. The lowest BCUT2D eigenvalue weighted by Crippen LogP contribution is -2.42. The first kappa shape index (κ1) is 23.3. The van der Waals surface area contributed by atoms with Crippen LogP contribution in [0.4, 0.5) is 4.39 Å². The summed E-state index contributed by atoms with van der Waals surface area (Å²) < 4.78 is 26.5. The Kier molecular flexibility index (Phi) is 6.46. The van der Waals surface area contributed by atoms with Gasteiger partial charge in [0.25, 0.3) is 0 Å². The second-order valence-electron chi connectivity index (χ2n) is 9.59. The fourth-order valence-corrected chi connectivity index (χ4v) is 5.80. The zero-order chi connectivity index (χ0) is 24.5. The number of halogens is 1. The first-order valence-corrected chi connectivity index (χ1v) is 12.3. The van der Waals surface area contributed by atoms with E-state index in [1.807, 2.05) is 30.3 Å². The summed E-state index contributed by atoms with van der Waals surface area (Å²) in [6.07, 6.45) is 5.88. The third-order valence-corrected chi connectivity index (χ3v) is 7.44. The van der Waals surface area contributed by atoms with E-state index in [9.17, 15) is 9.59 Å². The minimum Gasteiger partial charge on any atom is -0.496 e. The van der Waals surface area contributed by atoms with Crippen molar-refractivity contribution < 1.29 is 23.5 Å². The molecular formula is C29H30FNO4. The first-order valence-electron chi connectivity index (χ1n) is 12.3. The minimum absolute atomic E-state index is 0.0437. The summed E-state index contributed by atoms with van der Waals surface area (Å²) in [5.74, 6) is -1.84. The molecule has 6 heteroatoms. The highest BCUT2D eigenvalue weighted by molar-refractivity contribution is 5.96. The van der Waals surface area contributed by atoms with Gasteiger partial charge in [-0.1, -0.05) is 42.5 Å². The lowest BCUT2D eigenvalue weighted by Gasteiger charge is -2.40. The van der Waals surface area contributed by atoms with Crippen LogP contribution in [-0.4, -0.2) is 25.0 Å². The molecule has 0 spiro atoms. The Balaban J connectivity index is 1.59. The Labute approximate surface area is 205 Å². The van der Waals surface area contributed by atoms with Gasteiger partial charge in [0.15, 0.2) is 0 Å². The Bertz CT molecular complexity index is 1210. The predicted molar refractivity (Wildman–Crippen MR) is 130 cm³/mol. The molecule has 1 saturated carbocycles. The van der Waals surface area contributed by atoms with Gasteiger partial charge in [0, 0.05) is 35.2 Å². The molecule has 5 rings (SSSR count). The van der Waals surface area contributed by atoms with Crippen LogP contribution in [-0.2, 0) is 14.3 Å². The molecule has 2 aliphatic carbocycles. The Morgan fingerprint density at radius 2 is 1.69 bits per heavy atom. The SMILES string of the molecule is COc1ccccc1C1C=C2NC(C)=C(C(=O)OC3CCCC3)C(c3ccccc3F)C2C(=O)C1. The number of Topliss-reactive ketones (excluding diaryl/α,β-unsaturated/α-hetero) is 1. The third kappa shape index (κ3) is 4.38. The standard InChI is InChI=1S/C29H30FNO4/c1-17-26(29(33)35-19-9-3-4-10-19)27(21-12-5-7-13-22(21)30)28-23(31-17)15-18(16-24(28)32)20-11-6-8-14-25(20)34-2/h5-8,11-15,18-19,27-28,31H,3-4,9-10,16H2,1-2H3. The fourth-order valence-electron chi connectivity index (χ4n) is 5.80. The number of hydrogen-bond acceptors (Lipinski definition) is 5. The maximum absolute atomic E-state index is 15.1. The van der Waals surface area contributed by atoms with Crippen LogP contribution in [0.5, 0.6) is 5.75 Å². The molecule has 1 N–H and O–H groups in total. The maximum atomic E-state index is 15.1. The van der Waals surface area contributed by atoms with Gasteiger partial charge in [0.05, 0.1) is 18.6 Å². The molecule has 1 fully saturated rings. The lowest BCUT2D eigenvalue weighted by atomic mass is 9.68. The number of hydrogen-bond donors (Lipinski definition) is 1. The highest BCUT2D eigenvalue weighted by Gasteiger charge is 2.46. The van der Waals surface area contributed by atoms with E-state index in [-0.39, 0.29) is 24.2 Å². The number of fused-ring (bicyclic) bond motifs is 1. The second kappa shape index (κ2) is 9.68. The van der Waals surface area contributed by atoms with Crippen LogP contribution in [0.3, 0.4) is 0 Å². The van der Waals surface area contributed by atoms with Gasteiger partial charge in [-0.15, -0.1) is 0 Å². The average molecular weight is 476 g/mol. The summed E-state index contributed by atoms with van der Waals surface area (Å²) in [5.41, 5.74) is 2.89. The number of methoxy groups -OCH3 is 1. The zero-order valence-electron chi connectivity index (χ0n) is 20.1. The van der Waals surface area contributed by atoms with Crippen molar-refractivity contribution in [2.45, 2.75) is 57.0 Å². The molecule has 5 nitrogen and oxygen atoms in total. The van der Waals surface area contributed by atoms with Crippen LogP contribution >= 0.6 is 0 Å². The summed E-state index contributed by atoms with van der Waals surface area (Å²) in [6, 6.07) is 14.0. The summed E-state index contributed by atoms with van der Waals surface area (Å²) >= 11 is 0. The molecule has 3 atom stereocenters. The largest absolute Gasteiger partial charge is 0.496 e. The van der Waals surface area contributed by atoms with Gasteiger partial charge in [-0.25, -0.2) is 9.18 Å². The van der Waals surface area contributed by atoms with Gasteiger partial charge in [-0.05, 0) is 50.3 Å². The maximum Gasteiger partial charge on any atom is 0.336 e. The predicted octanol–water partition coefficient (Wildman–Crippen LogP) is 5.54. The summed E-state index contributed by atoms with van der Waals surface area (Å²) in [6.45, 7) is 1.80. The topological polar surface area (TPSA) is 64.6 Å². The van der Waals surface area contributed by atoms with E-state index in [0.717, 1.165) is 37.0 Å². The molecule has 0 saturated heterocycles. The van der Waals surface area contributed by atoms with Crippen molar-refractivity contribution in [1.82, 2.24) is 5.32 Å². The number of esters is 1. The molecule has 182 valence electrons. The molecule has 2 aromatic rings. The van der Waals surface area contributed by atoms with E-state index in [1.54, 1.807) is 32.2 Å². The van der Waals surface area contributed by atoms with Crippen molar-refractivity contribution in [3.63, 3.8) is 0 Å². The zero-order valence-corrected chi connectivity index (χ0v) is 20.1. The van der Waals surface area contributed by atoms with E-state index < -0.39 is 23.6 Å². The highest BCUT2D eigenvalue weighted by atomic mass is 19.1. The van der Waals surface area contributed by atoms with Crippen molar-refractivity contribution in [2.75, 3.05) is 7.11 Å². The summed E-state index contributed by atoms with van der Waals surface area (Å²) in [4.78, 5) is 27.1. The molecule has 2 aromatic carbocycles. The van der Waals surface area contributed by atoms with Crippen molar-refractivity contribution in [3.05, 3.63) is 88.5 Å². The molecular weight excluding hydrogens is 445 g/mol. The number of benzene rings is 2. The van der Waals surface area contributed by atoms with Crippen molar-refractivity contribution in [1.29, 1.82) is 0 Å². The Morgan fingerprint density at radius 3 is 2.40 bits per heavy atom. The molecule has 0 bridgehead atoms. The van der Waals surface area contributed by atoms with Gasteiger partial charge in [-0.2, -0.15) is 0 Å². The molecule has 3 aliphatic rings. The third-order valence-electron chi connectivity index (χ3n) is 7.44. The van der Waals surface area contributed by atoms with Crippen LogP contribution in [0.2, 0.25) is 0 Å². The fraction of sp³-hybridized carbons (Fsp3) is 0.379. The number of nitrogens with one attached hydrogen (secondary N) is 1. The number of ether oxygens (including phenoxy) is 2. The summed E-state index contributed by atoms with van der Waals surface area (Å²) in [7, 11) is 1.61. The quantitative estimate of drug-likeness (QED) is 0.576. The van der Waals surface area contributed by atoms with Gasteiger partial charge in [-0.3, -0.25) is 4.79 Å². The number of allylic oxidation sites excluding steroid dienone is 3. The number of para-hydroxylation sites is 1. The van der Waals surface area contributed by atoms with E-state index in [2.05, 4.69) is 5.32 Å². The molecule has 3 unspecified atom stereocenters. The summed E-state index contributed by atoms with van der Waals surface area (Å²) in [5, 5.41) is 3.32. The molecule has 0 amide bonds. The highest BCUT2D eigenvalue weighted by Crippen LogP contribution is 2.47. The Hall–Kier alpha value is -3.41. The number of rotatable bonds is 5. The lowest BCUT2D eigenvalue weighted by molar-refractivity contribution is -0.144. The van der Waals surface area contributed by atoms with Gasteiger partial charge in [0.2, 0.25) is 0 Å². The first-order chi connectivity index (χ1) is 17.0. The molecule has 0 radical (unpaired) electrons. The van der Waals surface area contributed by atoms with Crippen molar-refractivity contribution >= 4 is 11.8 Å². The molecule has 0 aromatic heterocycles. The van der Waals surface area contributed by atoms with Crippen LogP contribution in [0.25, 0.3) is 0 Å². The van der Waals surface area contributed by atoms with E-state index >= 15 is 4.39 Å². The van der Waals surface area contributed by atoms with Crippen molar-refractivity contribution in [3.8, 4) is 5.75 Å². The van der Waals surface area contributed by atoms with E-state index in [0.29, 0.717) is 22.5 Å². The molecule has 1 aliphatic heterocycles. The minimum atomic E-state index is -0.747. The van der Waals surface area contributed by atoms with Gasteiger partial charge in [0.1, 0.15) is 23.5 Å². The van der Waals surface area contributed by atoms with Gasteiger partial charge >= 0.3 is 5.97 Å². The van der Waals surface area contributed by atoms with Crippen LogP contribution < -0.4 is 10.1 Å². The second-order valence-corrected chi connectivity index (χ2v) is 9.59. The molecule has 1 heterocycles. The van der Waals surface area contributed by atoms with Crippen molar-refractivity contribution in [2.24, 2.45) is 5.92 Å². The number of carbonyl (C=O) groups is 2.